The van der Waals surface area contributed by atoms with Crippen molar-refractivity contribution in [3.8, 4) is 5.75 Å². The molecule has 1 fully saturated rings. The fraction of sp³-hybridized carbons (Fsp3) is 0.625. The Bertz CT molecular complexity index is 429. The first-order valence-corrected chi connectivity index (χ1v) is 7.29. The molecule has 0 aromatic heterocycles. The van der Waals surface area contributed by atoms with Gasteiger partial charge in [0.05, 0.1) is 0 Å². The number of fused-ring (bicyclic) bond motifs is 1. The average molecular weight is 245 g/mol. The van der Waals surface area contributed by atoms with E-state index in [0.29, 0.717) is 11.8 Å². The lowest BCUT2D eigenvalue weighted by molar-refractivity contribution is 0.218. The van der Waals surface area contributed by atoms with Gasteiger partial charge in [0, 0.05) is 6.04 Å². The monoisotopic (exact) mass is 245 g/mol. The number of phenols is 1. The quantitative estimate of drug-likeness (QED) is 0.794. The summed E-state index contributed by atoms with van der Waals surface area (Å²) in [6.07, 6.45) is 6.49. The molecule has 2 heteroatoms. The smallest absolute Gasteiger partial charge is 0.115 e. The van der Waals surface area contributed by atoms with Crippen LogP contribution in [0, 0.1) is 11.8 Å². The van der Waals surface area contributed by atoms with E-state index in [1.54, 1.807) is 0 Å². The Morgan fingerprint density at radius 2 is 2.17 bits per heavy atom. The molecule has 1 saturated carbocycles. The Labute approximate surface area is 109 Å². The number of phenolic OH excluding ortho intramolecular Hbond substituents is 1. The maximum absolute atomic E-state index is 9.73. The zero-order chi connectivity index (χ0) is 12.5. The highest BCUT2D eigenvalue weighted by Gasteiger charge is 2.30. The Hall–Kier alpha value is -1.02. The minimum absolute atomic E-state index is 0.409. The topological polar surface area (TPSA) is 32.3 Å². The van der Waals surface area contributed by atoms with Gasteiger partial charge in [0.25, 0.3) is 0 Å². The molecule has 3 unspecified atom stereocenters. The van der Waals surface area contributed by atoms with Crippen LogP contribution < -0.4 is 5.32 Å². The van der Waals surface area contributed by atoms with Gasteiger partial charge in [-0.25, -0.2) is 0 Å². The van der Waals surface area contributed by atoms with Gasteiger partial charge in [-0.05, 0) is 60.9 Å². The van der Waals surface area contributed by atoms with E-state index in [1.165, 1.54) is 36.8 Å². The van der Waals surface area contributed by atoms with Crippen LogP contribution in [0.5, 0.6) is 5.75 Å². The molecule has 0 radical (unpaired) electrons. The first kappa shape index (κ1) is 12.0. The fourth-order valence-corrected chi connectivity index (χ4v) is 3.78. The molecule has 1 heterocycles. The van der Waals surface area contributed by atoms with E-state index in [-0.39, 0.29) is 0 Å². The fourth-order valence-electron chi connectivity index (χ4n) is 3.78. The summed E-state index contributed by atoms with van der Waals surface area (Å²) in [6, 6.07) is 6.37. The molecule has 1 aromatic rings. The number of rotatable bonds is 1. The van der Waals surface area contributed by atoms with Crippen molar-refractivity contribution in [3.05, 3.63) is 29.3 Å². The number of hydrogen-bond acceptors (Lipinski definition) is 2. The lowest BCUT2D eigenvalue weighted by Crippen LogP contribution is -2.36. The molecular formula is C16H23NO. The average Bonchev–Trinajstić information content (AvgIpc) is 2.38. The van der Waals surface area contributed by atoms with Gasteiger partial charge in [0.2, 0.25) is 0 Å². The second-order valence-corrected chi connectivity index (χ2v) is 6.10. The SMILES string of the molecule is CC1CCCC(C2NCCc3ccc(O)cc32)C1. The molecule has 0 saturated heterocycles. The summed E-state index contributed by atoms with van der Waals surface area (Å²) in [5.41, 5.74) is 2.77. The van der Waals surface area contributed by atoms with E-state index in [4.69, 9.17) is 0 Å². The minimum atomic E-state index is 0.409. The van der Waals surface area contributed by atoms with Gasteiger partial charge >= 0.3 is 0 Å². The summed E-state index contributed by atoms with van der Waals surface area (Å²) in [5, 5.41) is 13.4. The summed E-state index contributed by atoms with van der Waals surface area (Å²) in [7, 11) is 0. The minimum Gasteiger partial charge on any atom is -0.508 e. The van der Waals surface area contributed by atoms with Crippen molar-refractivity contribution in [2.24, 2.45) is 11.8 Å². The highest BCUT2D eigenvalue weighted by Crippen LogP contribution is 2.40. The summed E-state index contributed by atoms with van der Waals surface area (Å²) in [5.74, 6) is 2.01. The maximum atomic E-state index is 9.73. The first-order chi connectivity index (χ1) is 8.74. The molecular weight excluding hydrogens is 222 g/mol. The van der Waals surface area contributed by atoms with Crippen LogP contribution in [0.4, 0.5) is 0 Å². The third-order valence-electron chi connectivity index (χ3n) is 4.67. The third kappa shape index (κ3) is 2.26. The summed E-state index contributed by atoms with van der Waals surface area (Å²) >= 11 is 0. The van der Waals surface area contributed by atoms with E-state index in [0.717, 1.165) is 24.8 Å². The van der Waals surface area contributed by atoms with Crippen molar-refractivity contribution in [2.75, 3.05) is 6.54 Å². The molecule has 1 aliphatic heterocycles. The van der Waals surface area contributed by atoms with Gasteiger partial charge in [0.15, 0.2) is 0 Å². The largest absolute Gasteiger partial charge is 0.508 e. The molecule has 0 spiro atoms. The maximum Gasteiger partial charge on any atom is 0.115 e. The molecule has 3 atom stereocenters. The molecule has 1 aliphatic carbocycles. The zero-order valence-electron chi connectivity index (χ0n) is 11.2. The van der Waals surface area contributed by atoms with Gasteiger partial charge in [-0.15, -0.1) is 0 Å². The van der Waals surface area contributed by atoms with Crippen molar-refractivity contribution < 1.29 is 5.11 Å². The number of hydrogen-bond donors (Lipinski definition) is 2. The van der Waals surface area contributed by atoms with Crippen LogP contribution in [0.15, 0.2) is 18.2 Å². The first-order valence-electron chi connectivity index (χ1n) is 7.29. The molecule has 0 amide bonds. The molecule has 98 valence electrons. The Balaban J connectivity index is 1.88. The molecule has 2 aliphatic rings. The van der Waals surface area contributed by atoms with Crippen LogP contribution in [-0.2, 0) is 6.42 Å². The highest BCUT2D eigenvalue weighted by atomic mass is 16.3. The number of aromatic hydroxyl groups is 1. The van der Waals surface area contributed by atoms with Gasteiger partial charge in [0.1, 0.15) is 5.75 Å². The Morgan fingerprint density at radius 3 is 3.00 bits per heavy atom. The molecule has 0 bridgehead atoms. The van der Waals surface area contributed by atoms with Crippen molar-refractivity contribution in [2.45, 2.75) is 45.1 Å². The summed E-state index contributed by atoms with van der Waals surface area (Å²) < 4.78 is 0. The number of nitrogens with one attached hydrogen (secondary N) is 1. The summed E-state index contributed by atoms with van der Waals surface area (Å²) in [6.45, 7) is 3.45. The van der Waals surface area contributed by atoms with Crippen molar-refractivity contribution in [1.29, 1.82) is 0 Å². The number of benzene rings is 1. The van der Waals surface area contributed by atoms with Crippen LogP contribution in [0.25, 0.3) is 0 Å². The second kappa shape index (κ2) is 4.93. The highest BCUT2D eigenvalue weighted by molar-refractivity contribution is 5.39. The molecule has 1 aromatic carbocycles. The van der Waals surface area contributed by atoms with Crippen LogP contribution in [0.3, 0.4) is 0 Å². The van der Waals surface area contributed by atoms with Crippen LogP contribution in [-0.4, -0.2) is 11.7 Å². The molecule has 18 heavy (non-hydrogen) atoms. The van der Waals surface area contributed by atoms with E-state index in [1.807, 2.05) is 12.1 Å². The molecule has 3 rings (SSSR count). The van der Waals surface area contributed by atoms with E-state index in [9.17, 15) is 5.11 Å². The zero-order valence-corrected chi connectivity index (χ0v) is 11.2. The van der Waals surface area contributed by atoms with Crippen LogP contribution >= 0.6 is 0 Å². The van der Waals surface area contributed by atoms with Gasteiger partial charge in [-0.3, -0.25) is 0 Å². The van der Waals surface area contributed by atoms with E-state index < -0.39 is 0 Å². The van der Waals surface area contributed by atoms with E-state index >= 15 is 0 Å². The molecule has 2 N–H and O–H groups in total. The van der Waals surface area contributed by atoms with Gasteiger partial charge < -0.3 is 10.4 Å². The summed E-state index contributed by atoms with van der Waals surface area (Å²) in [4.78, 5) is 0. The third-order valence-corrected chi connectivity index (χ3v) is 4.67. The second-order valence-electron chi connectivity index (χ2n) is 6.10. The lowest BCUT2D eigenvalue weighted by atomic mass is 9.75. The predicted octanol–water partition coefficient (Wildman–Crippen LogP) is 3.41. The van der Waals surface area contributed by atoms with Crippen molar-refractivity contribution >= 4 is 0 Å². The van der Waals surface area contributed by atoms with E-state index in [2.05, 4.69) is 18.3 Å². The van der Waals surface area contributed by atoms with Crippen molar-refractivity contribution in [3.63, 3.8) is 0 Å². The van der Waals surface area contributed by atoms with Crippen molar-refractivity contribution in [1.82, 2.24) is 5.32 Å². The van der Waals surface area contributed by atoms with Gasteiger partial charge in [-0.2, -0.15) is 0 Å². The Morgan fingerprint density at radius 1 is 1.28 bits per heavy atom. The van der Waals surface area contributed by atoms with Crippen LogP contribution in [0.1, 0.15) is 49.8 Å². The standard InChI is InChI=1S/C16H23NO/c1-11-3-2-4-13(9-11)16-15-10-14(18)6-5-12(15)7-8-17-16/h5-6,10-11,13,16-18H,2-4,7-9H2,1H3. The predicted molar refractivity (Wildman–Crippen MR) is 73.7 cm³/mol. The lowest BCUT2D eigenvalue weighted by Gasteiger charge is -2.37. The Kier molecular flexibility index (Phi) is 3.29. The molecule has 2 nitrogen and oxygen atoms in total. The van der Waals surface area contributed by atoms with Crippen LogP contribution in [0.2, 0.25) is 0 Å². The normalized spacial score (nSPS) is 31.9. The van der Waals surface area contributed by atoms with Gasteiger partial charge in [-0.1, -0.05) is 25.8 Å².